The van der Waals surface area contributed by atoms with Crippen LogP contribution in [0.3, 0.4) is 0 Å². The highest BCUT2D eigenvalue weighted by Gasteiger charge is 2.24. The Morgan fingerprint density at radius 2 is 2.10 bits per heavy atom. The Balaban J connectivity index is 2.09. The quantitative estimate of drug-likeness (QED) is 0.674. The molecule has 1 aliphatic rings. The maximum Gasteiger partial charge on any atom is 0.127 e. The molecule has 1 heterocycles. The van der Waals surface area contributed by atoms with Crippen molar-refractivity contribution in [2.75, 3.05) is 6.61 Å². The summed E-state index contributed by atoms with van der Waals surface area (Å²) in [5.41, 5.74) is 7.21. The Hall–Kier alpha value is -1.55. The van der Waals surface area contributed by atoms with Gasteiger partial charge in [-0.3, -0.25) is 5.84 Å². The predicted molar refractivity (Wildman–Crippen MR) is 81.0 cm³/mol. The molecule has 0 radical (unpaired) electrons. The van der Waals surface area contributed by atoms with Gasteiger partial charge in [0.2, 0.25) is 0 Å². The fourth-order valence-corrected chi connectivity index (χ4v) is 3.03. The highest BCUT2D eigenvalue weighted by Crippen LogP contribution is 2.37. The van der Waals surface area contributed by atoms with Crippen LogP contribution in [0.1, 0.15) is 28.3 Å². The SMILES string of the molecule is Cc1ccc(C(NN)c2cccc3c2OCC3)c(Cl)c1. The number of ether oxygens (including phenoxy) is 1. The lowest BCUT2D eigenvalue weighted by molar-refractivity contribution is 0.350. The Labute approximate surface area is 123 Å². The summed E-state index contributed by atoms with van der Waals surface area (Å²) in [7, 11) is 0. The van der Waals surface area contributed by atoms with Crippen LogP contribution in [0.2, 0.25) is 5.02 Å². The van der Waals surface area contributed by atoms with Crippen LogP contribution < -0.4 is 16.0 Å². The molecule has 3 nitrogen and oxygen atoms in total. The van der Waals surface area contributed by atoms with E-state index in [9.17, 15) is 0 Å². The highest BCUT2D eigenvalue weighted by atomic mass is 35.5. The van der Waals surface area contributed by atoms with Crippen molar-refractivity contribution < 1.29 is 4.74 Å². The van der Waals surface area contributed by atoms with E-state index in [1.165, 1.54) is 5.56 Å². The van der Waals surface area contributed by atoms with Gasteiger partial charge < -0.3 is 4.74 Å². The fraction of sp³-hybridized carbons (Fsp3) is 0.250. The van der Waals surface area contributed by atoms with E-state index in [-0.39, 0.29) is 6.04 Å². The summed E-state index contributed by atoms with van der Waals surface area (Å²) in [5, 5.41) is 0.712. The van der Waals surface area contributed by atoms with Gasteiger partial charge >= 0.3 is 0 Å². The second-order valence-electron chi connectivity index (χ2n) is 5.06. The molecule has 1 unspecified atom stereocenters. The van der Waals surface area contributed by atoms with E-state index in [4.69, 9.17) is 22.2 Å². The van der Waals surface area contributed by atoms with E-state index >= 15 is 0 Å². The van der Waals surface area contributed by atoms with Gasteiger partial charge in [0.1, 0.15) is 5.75 Å². The molecule has 0 aliphatic carbocycles. The summed E-state index contributed by atoms with van der Waals surface area (Å²) in [6.45, 7) is 2.75. The van der Waals surface area contributed by atoms with Gasteiger partial charge in [0.05, 0.1) is 12.6 Å². The molecule has 2 aromatic rings. The molecule has 1 aliphatic heterocycles. The van der Waals surface area contributed by atoms with E-state index < -0.39 is 0 Å². The van der Waals surface area contributed by atoms with Crippen molar-refractivity contribution >= 4 is 11.6 Å². The molecule has 2 aromatic carbocycles. The van der Waals surface area contributed by atoms with Gasteiger partial charge in [-0.1, -0.05) is 41.9 Å². The summed E-state index contributed by atoms with van der Waals surface area (Å²) >= 11 is 6.37. The number of nitrogens with two attached hydrogens (primary N) is 1. The monoisotopic (exact) mass is 288 g/mol. The maximum atomic E-state index is 6.37. The number of hydrogen-bond acceptors (Lipinski definition) is 3. The average molecular weight is 289 g/mol. The van der Waals surface area contributed by atoms with Crippen molar-refractivity contribution in [1.82, 2.24) is 5.43 Å². The van der Waals surface area contributed by atoms with Gasteiger partial charge in [-0.05, 0) is 29.7 Å². The Kier molecular flexibility index (Phi) is 3.66. The molecule has 1 atom stereocenters. The molecule has 0 fully saturated rings. The highest BCUT2D eigenvalue weighted by molar-refractivity contribution is 6.31. The summed E-state index contributed by atoms with van der Waals surface area (Å²) in [5.74, 6) is 6.71. The smallest absolute Gasteiger partial charge is 0.127 e. The number of aryl methyl sites for hydroxylation is 1. The number of rotatable bonds is 3. The molecule has 104 valence electrons. The van der Waals surface area contributed by atoms with E-state index in [1.807, 2.05) is 37.3 Å². The van der Waals surface area contributed by atoms with Crippen molar-refractivity contribution in [3.05, 3.63) is 63.7 Å². The number of fused-ring (bicyclic) bond motifs is 1. The minimum Gasteiger partial charge on any atom is -0.493 e. The lowest BCUT2D eigenvalue weighted by Gasteiger charge is -2.20. The first-order valence-electron chi connectivity index (χ1n) is 6.67. The van der Waals surface area contributed by atoms with Crippen LogP contribution in [0, 0.1) is 6.92 Å². The van der Waals surface area contributed by atoms with Crippen LogP contribution in [-0.4, -0.2) is 6.61 Å². The second-order valence-corrected chi connectivity index (χ2v) is 5.47. The molecular weight excluding hydrogens is 272 g/mol. The Morgan fingerprint density at radius 1 is 1.25 bits per heavy atom. The lowest BCUT2D eigenvalue weighted by atomic mass is 9.95. The maximum absolute atomic E-state index is 6.37. The first kappa shape index (κ1) is 13.4. The third-order valence-corrected chi connectivity index (χ3v) is 4.02. The van der Waals surface area contributed by atoms with Gasteiger partial charge in [0, 0.05) is 17.0 Å². The first-order chi connectivity index (χ1) is 9.70. The summed E-state index contributed by atoms with van der Waals surface area (Å²) in [4.78, 5) is 0. The Bertz CT molecular complexity index is 642. The van der Waals surface area contributed by atoms with E-state index in [0.717, 1.165) is 35.5 Å². The van der Waals surface area contributed by atoms with E-state index in [2.05, 4.69) is 11.5 Å². The zero-order valence-corrected chi connectivity index (χ0v) is 12.1. The zero-order valence-electron chi connectivity index (χ0n) is 11.3. The molecule has 3 N–H and O–H groups in total. The summed E-state index contributed by atoms with van der Waals surface area (Å²) < 4.78 is 5.76. The summed E-state index contributed by atoms with van der Waals surface area (Å²) in [6.07, 6.45) is 0.947. The third kappa shape index (κ3) is 2.29. The van der Waals surface area contributed by atoms with Gasteiger partial charge in [-0.2, -0.15) is 0 Å². The standard InChI is InChI=1S/C16H17ClN2O/c1-10-5-6-12(14(17)9-10)15(19-18)13-4-2-3-11-7-8-20-16(11)13/h2-6,9,15,19H,7-8,18H2,1H3. The number of benzene rings is 2. The van der Waals surface area contributed by atoms with E-state index in [0.29, 0.717) is 5.02 Å². The molecule has 0 spiro atoms. The van der Waals surface area contributed by atoms with Crippen molar-refractivity contribution in [1.29, 1.82) is 0 Å². The van der Waals surface area contributed by atoms with Gasteiger partial charge in [-0.15, -0.1) is 0 Å². The van der Waals surface area contributed by atoms with Gasteiger partial charge in [0.25, 0.3) is 0 Å². The number of halogens is 1. The second kappa shape index (κ2) is 5.44. The number of hydrazine groups is 1. The van der Waals surface area contributed by atoms with Crippen molar-refractivity contribution in [2.24, 2.45) is 5.84 Å². The van der Waals surface area contributed by atoms with E-state index in [1.54, 1.807) is 0 Å². The van der Waals surface area contributed by atoms with Crippen molar-refractivity contribution in [3.63, 3.8) is 0 Å². The van der Waals surface area contributed by atoms with Crippen LogP contribution in [0.4, 0.5) is 0 Å². The number of nitrogens with one attached hydrogen (secondary N) is 1. The van der Waals surface area contributed by atoms with Crippen LogP contribution in [0.5, 0.6) is 5.75 Å². The molecule has 0 aromatic heterocycles. The minimum absolute atomic E-state index is 0.170. The predicted octanol–water partition coefficient (Wildman–Crippen LogP) is 3.14. The van der Waals surface area contributed by atoms with Crippen molar-refractivity contribution in [3.8, 4) is 5.75 Å². The van der Waals surface area contributed by atoms with Crippen molar-refractivity contribution in [2.45, 2.75) is 19.4 Å². The van der Waals surface area contributed by atoms with Crippen LogP contribution in [-0.2, 0) is 6.42 Å². The number of hydrogen-bond donors (Lipinski definition) is 2. The molecule has 0 bridgehead atoms. The topological polar surface area (TPSA) is 47.3 Å². The fourth-order valence-electron chi connectivity index (χ4n) is 2.68. The molecule has 0 saturated heterocycles. The Morgan fingerprint density at radius 3 is 2.85 bits per heavy atom. The molecule has 0 amide bonds. The van der Waals surface area contributed by atoms with Gasteiger partial charge in [-0.25, -0.2) is 5.43 Å². The zero-order chi connectivity index (χ0) is 14.1. The normalized spacial score (nSPS) is 14.8. The molecule has 0 saturated carbocycles. The van der Waals surface area contributed by atoms with Gasteiger partial charge in [0.15, 0.2) is 0 Å². The van der Waals surface area contributed by atoms with Crippen LogP contribution in [0.25, 0.3) is 0 Å². The van der Waals surface area contributed by atoms with Crippen LogP contribution >= 0.6 is 11.6 Å². The number of para-hydroxylation sites is 1. The van der Waals surface area contributed by atoms with Crippen LogP contribution in [0.15, 0.2) is 36.4 Å². The molecule has 4 heteroatoms. The largest absolute Gasteiger partial charge is 0.493 e. The minimum atomic E-state index is -0.170. The molecular formula is C16H17ClN2O. The lowest BCUT2D eigenvalue weighted by Crippen LogP contribution is -2.29. The third-order valence-electron chi connectivity index (χ3n) is 3.69. The molecule has 20 heavy (non-hydrogen) atoms. The molecule has 3 rings (SSSR count). The summed E-state index contributed by atoms with van der Waals surface area (Å²) in [6, 6.07) is 12.0. The average Bonchev–Trinajstić information content (AvgIpc) is 2.91. The first-order valence-corrected chi connectivity index (χ1v) is 7.05.